The third kappa shape index (κ3) is 7.78. The van der Waals surface area contributed by atoms with Crippen LogP contribution < -0.4 is 0 Å². The van der Waals surface area contributed by atoms with E-state index in [1.54, 1.807) is 6.08 Å². The largest absolute Gasteiger partial charge is 0.334 e. The van der Waals surface area contributed by atoms with E-state index in [0.717, 1.165) is 25.7 Å². The molecule has 0 aromatic carbocycles. The van der Waals surface area contributed by atoms with Crippen LogP contribution in [0.15, 0.2) is 12.7 Å². The van der Waals surface area contributed by atoms with Gasteiger partial charge < -0.3 is 9.05 Å². The number of allylic oxidation sites excluding steroid dienone is 1. The zero-order valence-corrected chi connectivity index (χ0v) is 10.8. The van der Waals surface area contributed by atoms with E-state index in [9.17, 15) is 4.57 Å². The molecule has 0 radical (unpaired) electrons. The van der Waals surface area contributed by atoms with Crippen LogP contribution in [0.1, 0.15) is 39.5 Å². The standard InChI is InChI=1S/C11H23O3P/c1-4-7-9-13-15(12,11-6-3)14-10-8-5-2/h6H,3-5,7-11H2,1-2H3. The van der Waals surface area contributed by atoms with Crippen LogP contribution >= 0.6 is 7.60 Å². The molecule has 15 heavy (non-hydrogen) atoms. The molecule has 0 amide bonds. The van der Waals surface area contributed by atoms with Crippen molar-refractivity contribution in [1.29, 1.82) is 0 Å². The van der Waals surface area contributed by atoms with Gasteiger partial charge in [0, 0.05) is 0 Å². The SMILES string of the molecule is C=CCP(=O)(OCCCC)OCCCC. The van der Waals surface area contributed by atoms with Crippen molar-refractivity contribution in [3.8, 4) is 0 Å². The molecule has 0 atom stereocenters. The van der Waals surface area contributed by atoms with E-state index in [1.165, 1.54) is 0 Å². The molecule has 3 nitrogen and oxygen atoms in total. The van der Waals surface area contributed by atoms with Crippen LogP contribution in [0.4, 0.5) is 0 Å². The first-order valence-electron chi connectivity index (χ1n) is 5.67. The summed E-state index contributed by atoms with van der Waals surface area (Å²) in [5.74, 6) is 0. The summed E-state index contributed by atoms with van der Waals surface area (Å²) in [5, 5.41) is 0. The topological polar surface area (TPSA) is 35.5 Å². The Morgan fingerprint density at radius 2 is 1.60 bits per heavy atom. The lowest BCUT2D eigenvalue weighted by Gasteiger charge is -2.16. The Labute approximate surface area is 93.4 Å². The first-order valence-corrected chi connectivity index (χ1v) is 7.40. The van der Waals surface area contributed by atoms with Gasteiger partial charge in [0.15, 0.2) is 0 Å². The first kappa shape index (κ1) is 14.9. The van der Waals surface area contributed by atoms with Crippen molar-refractivity contribution >= 4 is 7.60 Å². The molecule has 0 aliphatic rings. The predicted molar refractivity (Wildman–Crippen MR) is 64.4 cm³/mol. The van der Waals surface area contributed by atoms with Crippen LogP contribution in [0.3, 0.4) is 0 Å². The number of hydrogen-bond acceptors (Lipinski definition) is 3. The number of rotatable bonds is 10. The molecule has 0 bridgehead atoms. The second-order valence-electron chi connectivity index (χ2n) is 3.46. The molecule has 90 valence electrons. The monoisotopic (exact) mass is 234 g/mol. The highest BCUT2D eigenvalue weighted by Crippen LogP contribution is 2.48. The fourth-order valence-corrected chi connectivity index (χ4v) is 2.41. The highest BCUT2D eigenvalue weighted by Gasteiger charge is 2.21. The molecule has 0 N–H and O–H groups in total. The molecule has 0 aromatic rings. The summed E-state index contributed by atoms with van der Waals surface area (Å²) >= 11 is 0. The van der Waals surface area contributed by atoms with Gasteiger partial charge >= 0.3 is 7.60 Å². The Hall–Kier alpha value is -0.110. The Kier molecular flexibility index (Phi) is 9.07. The molecule has 0 saturated heterocycles. The molecule has 0 aliphatic heterocycles. The highest BCUT2D eigenvalue weighted by atomic mass is 31.2. The van der Waals surface area contributed by atoms with Gasteiger partial charge in [0.05, 0.1) is 19.4 Å². The molecule has 0 fully saturated rings. The molecule has 4 heteroatoms. The van der Waals surface area contributed by atoms with E-state index in [2.05, 4.69) is 20.4 Å². The summed E-state index contributed by atoms with van der Waals surface area (Å²) in [5.41, 5.74) is 0. The maximum atomic E-state index is 12.0. The van der Waals surface area contributed by atoms with Crippen LogP contribution in [0.25, 0.3) is 0 Å². The van der Waals surface area contributed by atoms with E-state index in [4.69, 9.17) is 9.05 Å². The van der Waals surface area contributed by atoms with Crippen LogP contribution in [0.5, 0.6) is 0 Å². The zero-order chi connectivity index (χ0) is 11.6. The maximum Gasteiger partial charge on any atom is 0.334 e. The Balaban J connectivity index is 3.94. The molecular formula is C11H23O3P. The van der Waals surface area contributed by atoms with Crippen LogP contribution in [-0.4, -0.2) is 19.4 Å². The normalized spacial score (nSPS) is 11.6. The fraction of sp³-hybridized carbons (Fsp3) is 0.818. The summed E-state index contributed by atoms with van der Waals surface area (Å²) in [6.45, 7) is 8.72. The van der Waals surface area contributed by atoms with Gasteiger partial charge in [0.1, 0.15) is 0 Å². The molecule has 0 unspecified atom stereocenters. The maximum absolute atomic E-state index is 12.0. The molecule has 0 saturated carbocycles. The van der Waals surface area contributed by atoms with E-state index >= 15 is 0 Å². The summed E-state index contributed by atoms with van der Waals surface area (Å²) in [7, 11) is -2.90. The van der Waals surface area contributed by atoms with Gasteiger partial charge in [0.25, 0.3) is 0 Å². The minimum absolute atomic E-state index is 0.306. The van der Waals surface area contributed by atoms with E-state index in [-0.39, 0.29) is 0 Å². The van der Waals surface area contributed by atoms with Gasteiger partial charge in [-0.3, -0.25) is 4.57 Å². The van der Waals surface area contributed by atoms with Gasteiger partial charge in [-0.25, -0.2) is 0 Å². The molecule has 0 heterocycles. The number of hydrogen-bond donors (Lipinski definition) is 0. The fourth-order valence-electron chi connectivity index (χ4n) is 0.997. The Morgan fingerprint density at radius 1 is 1.13 bits per heavy atom. The van der Waals surface area contributed by atoms with Crippen molar-refractivity contribution in [2.45, 2.75) is 39.5 Å². The lowest BCUT2D eigenvalue weighted by molar-refractivity contribution is 0.202. The van der Waals surface area contributed by atoms with Crippen molar-refractivity contribution in [2.75, 3.05) is 19.4 Å². The zero-order valence-electron chi connectivity index (χ0n) is 9.91. The van der Waals surface area contributed by atoms with E-state index in [1.807, 2.05) is 0 Å². The molecule has 0 spiro atoms. The summed E-state index contributed by atoms with van der Waals surface area (Å²) in [6, 6.07) is 0. The molecule has 0 aliphatic carbocycles. The Bertz CT molecular complexity index is 190. The average Bonchev–Trinajstić information content (AvgIpc) is 2.19. The lowest BCUT2D eigenvalue weighted by Crippen LogP contribution is -2.01. The summed E-state index contributed by atoms with van der Waals surface area (Å²) in [6.07, 6.45) is 5.79. The summed E-state index contributed by atoms with van der Waals surface area (Å²) < 4.78 is 22.7. The van der Waals surface area contributed by atoms with Gasteiger partial charge in [-0.1, -0.05) is 32.8 Å². The lowest BCUT2D eigenvalue weighted by atomic mass is 10.4. The van der Waals surface area contributed by atoms with Crippen molar-refractivity contribution in [3.05, 3.63) is 12.7 Å². The quantitative estimate of drug-likeness (QED) is 0.325. The van der Waals surface area contributed by atoms with Crippen LogP contribution in [0.2, 0.25) is 0 Å². The first-order chi connectivity index (χ1) is 7.18. The van der Waals surface area contributed by atoms with E-state index < -0.39 is 7.60 Å². The van der Waals surface area contributed by atoms with Gasteiger partial charge in [-0.2, -0.15) is 0 Å². The second kappa shape index (κ2) is 9.14. The summed E-state index contributed by atoms with van der Waals surface area (Å²) in [4.78, 5) is 0. The van der Waals surface area contributed by atoms with Crippen LogP contribution in [0, 0.1) is 0 Å². The average molecular weight is 234 g/mol. The van der Waals surface area contributed by atoms with Crippen molar-refractivity contribution in [2.24, 2.45) is 0 Å². The van der Waals surface area contributed by atoms with Crippen molar-refractivity contribution in [3.63, 3.8) is 0 Å². The third-order valence-electron chi connectivity index (χ3n) is 1.92. The van der Waals surface area contributed by atoms with Gasteiger partial charge in [-0.05, 0) is 12.8 Å². The molecule has 0 aromatic heterocycles. The minimum atomic E-state index is -2.90. The smallest absolute Gasteiger partial charge is 0.308 e. The third-order valence-corrected chi connectivity index (χ3v) is 3.78. The molecular weight excluding hydrogens is 211 g/mol. The minimum Gasteiger partial charge on any atom is -0.308 e. The Morgan fingerprint density at radius 3 is 1.93 bits per heavy atom. The van der Waals surface area contributed by atoms with E-state index in [0.29, 0.717) is 19.4 Å². The van der Waals surface area contributed by atoms with Gasteiger partial charge in [0.2, 0.25) is 0 Å². The predicted octanol–water partition coefficient (Wildman–Crippen LogP) is 4.00. The highest BCUT2D eigenvalue weighted by molar-refractivity contribution is 7.54. The van der Waals surface area contributed by atoms with Crippen LogP contribution in [-0.2, 0) is 13.6 Å². The number of unbranched alkanes of at least 4 members (excludes halogenated alkanes) is 2. The van der Waals surface area contributed by atoms with Gasteiger partial charge in [-0.15, -0.1) is 6.58 Å². The van der Waals surface area contributed by atoms with Crippen molar-refractivity contribution in [1.82, 2.24) is 0 Å². The van der Waals surface area contributed by atoms with Crippen molar-refractivity contribution < 1.29 is 13.6 Å². The second-order valence-corrected chi connectivity index (χ2v) is 5.56. The molecule has 0 rings (SSSR count).